The third-order valence-corrected chi connectivity index (χ3v) is 4.53. The summed E-state index contributed by atoms with van der Waals surface area (Å²) in [5.74, 6) is -0.415. The van der Waals surface area contributed by atoms with Crippen LogP contribution < -0.4 is 9.64 Å². The Hall–Kier alpha value is -1.75. The molecule has 1 N–H and O–H groups in total. The van der Waals surface area contributed by atoms with E-state index in [9.17, 15) is 9.90 Å². The number of hydrogen-bond acceptors (Lipinski definition) is 4. The minimum Gasteiger partial charge on any atom is -0.489 e. The number of para-hydroxylation sites is 1. The molecular weight excluding hydrogens is 270 g/mol. The molecule has 0 saturated heterocycles. The van der Waals surface area contributed by atoms with Gasteiger partial charge in [0, 0.05) is 13.2 Å². The van der Waals surface area contributed by atoms with E-state index in [0.717, 1.165) is 37.9 Å². The van der Waals surface area contributed by atoms with Crippen LogP contribution in [0.5, 0.6) is 5.75 Å². The van der Waals surface area contributed by atoms with E-state index in [4.69, 9.17) is 9.47 Å². The molecule has 1 saturated carbocycles. The predicted octanol–water partition coefficient (Wildman–Crippen LogP) is 2.54. The molecule has 3 rings (SSSR count). The van der Waals surface area contributed by atoms with E-state index in [2.05, 4.69) is 4.90 Å². The second-order valence-corrected chi connectivity index (χ2v) is 5.67. The van der Waals surface area contributed by atoms with Crippen molar-refractivity contribution in [3.8, 4) is 5.75 Å². The molecule has 5 heteroatoms. The summed E-state index contributed by atoms with van der Waals surface area (Å²) in [6.07, 6.45) is 4.65. The molecule has 21 heavy (non-hydrogen) atoms. The zero-order valence-electron chi connectivity index (χ0n) is 12.2. The highest BCUT2D eigenvalue weighted by Gasteiger charge is 2.31. The third kappa shape index (κ3) is 2.70. The van der Waals surface area contributed by atoms with Crippen molar-refractivity contribution in [3.63, 3.8) is 0 Å². The van der Waals surface area contributed by atoms with Gasteiger partial charge in [-0.25, -0.2) is 4.79 Å². The lowest BCUT2D eigenvalue weighted by Crippen LogP contribution is -2.44. The molecule has 0 spiro atoms. The van der Waals surface area contributed by atoms with E-state index in [-0.39, 0.29) is 5.56 Å². The number of ether oxygens (including phenoxy) is 2. The van der Waals surface area contributed by atoms with Crippen molar-refractivity contribution in [2.45, 2.75) is 37.8 Å². The van der Waals surface area contributed by atoms with E-state index < -0.39 is 5.97 Å². The minimum atomic E-state index is -0.934. The highest BCUT2D eigenvalue weighted by molar-refractivity contribution is 5.93. The molecular formula is C16H21NO4. The lowest BCUT2D eigenvalue weighted by Gasteiger charge is -2.41. The van der Waals surface area contributed by atoms with Crippen LogP contribution in [-0.4, -0.2) is 43.5 Å². The van der Waals surface area contributed by atoms with Gasteiger partial charge in [0.1, 0.15) is 12.2 Å². The average Bonchev–Trinajstić information content (AvgIpc) is 2.53. The Morgan fingerprint density at radius 1 is 1.33 bits per heavy atom. The van der Waals surface area contributed by atoms with Crippen molar-refractivity contribution in [1.29, 1.82) is 0 Å². The molecule has 2 aliphatic rings. The summed E-state index contributed by atoms with van der Waals surface area (Å²) in [5, 5.41) is 9.29. The fourth-order valence-corrected chi connectivity index (χ4v) is 3.41. The van der Waals surface area contributed by atoms with E-state index in [1.165, 1.54) is 0 Å². The first-order valence-corrected chi connectivity index (χ1v) is 7.49. The summed E-state index contributed by atoms with van der Waals surface area (Å²) in [4.78, 5) is 13.6. The van der Waals surface area contributed by atoms with Gasteiger partial charge >= 0.3 is 5.97 Å². The monoisotopic (exact) mass is 291 g/mol. The highest BCUT2D eigenvalue weighted by Crippen LogP contribution is 2.38. The maximum atomic E-state index is 11.3. The number of hydrogen-bond donors (Lipinski definition) is 1. The average molecular weight is 291 g/mol. The van der Waals surface area contributed by atoms with Crippen LogP contribution in [0.1, 0.15) is 36.0 Å². The summed E-state index contributed by atoms with van der Waals surface area (Å²) in [5.41, 5.74) is 1.17. The van der Waals surface area contributed by atoms with Crippen LogP contribution in [0.25, 0.3) is 0 Å². The van der Waals surface area contributed by atoms with Gasteiger partial charge in [-0.3, -0.25) is 0 Å². The Balaban J connectivity index is 1.84. The predicted molar refractivity (Wildman–Crippen MR) is 79.3 cm³/mol. The molecule has 1 heterocycles. The summed E-state index contributed by atoms with van der Waals surface area (Å²) in [6.45, 7) is 1.36. The summed E-state index contributed by atoms with van der Waals surface area (Å²) in [6, 6.07) is 5.81. The quantitative estimate of drug-likeness (QED) is 0.927. The minimum absolute atomic E-state index is 0.253. The first-order valence-electron chi connectivity index (χ1n) is 7.49. The molecule has 1 fully saturated rings. The Kier molecular flexibility index (Phi) is 4.01. The molecule has 0 atom stereocenters. The molecule has 0 amide bonds. The Morgan fingerprint density at radius 3 is 2.76 bits per heavy atom. The van der Waals surface area contributed by atoms with Gasteiger partial charge < -0.3 is 19.5 Å². The molecule has 1 aromatic rings. The van der Waals surface area contributed by atoms with Crippen LogP contribution in [0.3, 0.4) is 0 Å². The van der Waals surface area contributed by atoms with Gasteiger partial charge in [-0.15, -0.1) is 0 Å². The SMILES string of the molecule is COC1CCC(N2CCOc3c(C(=O)O)cccc32)CC1. The topological polar surface area (TPSA) is 59.0 Å². The molecule has 1 aliphatic heterocycles. The molecule has 5 nitrogen and oxygen atoms in total. The van der Waals surface area contributed by atoms with Crippen molar-refractivity contribution in [3.05, 3.63) is 23.8 Å². The second-order valence-electron chi connectivity index (χ2n) is 5.67. The molecule has 1 aliphatic carbocycles. The number of carboxylic acids is 1. The number of carboxylic acid groups (broad SMARTS) is 1. The van der Waals surface area contributed by atoms with Crippen LogP contribution in [-0.2, 0) is 4.74 Å². The Bertz CT molecular complexity index is 523. The maximum absolute atomic E-state index is 11.3. The number of methoxy groups -OCH3 is 1. The fourth-order valence-electron chi connectivity index (χ4n) is 3.41. The van der Waals surface area contributed by atoms with Crippen molar-refractivity contribution in [1.82, 2.24) is 0 Å². The van der Waals surface area contributed by atoms with E-state index in [0.29, 0.717) is 24.5 Å². The smallest absolute Gasteiger partial charge is 0.339 e. The normalized spacial score (nSPS) is 25.1. The van der Waals surface area contributed by atoms with Crippen molar-refractivity contribution in [2.24, 2.45) is 0 Å². The van der Waals surface area contributed by atoms with E-state index in [1.54, 1.807) is 19.2 Å². The van der Waals surface area contributed by atoms with Gasteiger partial charge in [0.25, 0.3) is 0 Å². The van der Waals surface area contributed by atoms with E-state index >= 15 is 0 Å². The van der Waals surface area contributed by atoms with Gasteiger partial charge in [0.15, 0.2) is 5.75 Å². The van der Waals surface area contributed by atoms with Crippen molar-refractivity contribution in [2.75, 3.05) is 25.2 Å². The maximum Gasteiger partial charge on any atom is 0.339 e. The van der Waals surface area contributed by atoms with Gasteiger partial charge in [0.2, 0.25) is 0 Å². The Labute approximate surface area is 124 Å². The first kappa shape index (κ1) is 14.2. The van der Waals surface area contributed by atoms with Crippen LogP contribution in [0.4, 0.5) is 5.69 Å². The number of aromatic carboxylic acids is 1. The first-order chi connectivity index (χ1) is 10.2. The van der Waals surface area contributed by atoms with Gasteiger partial charge in [-0.2, -0.15) is 0 Å². The zero-order valence-corrected chi connectivity index (χ0v) is 12.2. The molecule has 114 valence electrons. The Morgan fingerprint density at radius 2 is 2.10 bits per heavy atom. The van der Waals surface area contributed by atoms with Crippen molar-refractivity contribution >= 4 is 11.7 Å². The van der Waals surface area contributed by atoms with Gasteiger partial charge in [0.05, 0.1) is 18.3 Å². The number of benzene rings is 1. The van der Waals surface area contributed by atoms with Crippen LogP contribution in [0, 0.1) is 0 Å². The largest absolute Gasteiger partial charge is 0.489 e. The highest BCUT2D eigenvalue weighted by atomic mass is 16.5. The number of carbonyl (C=O) groups is 1. The number of nitrogens with zero attached hydrogens (tertiary/aromatic N) is 1. The molecule has 0 unspecified atom stereocenters. The number of anilines is 1. The van der Waals surface area contributed by atoms with Crippen molar-refractivity contribution < 1.29 is 19.4 Å². The lowest BCUT2D eigenvalue weighted by atomic mass is 9.91. The van der Waals surface area contributed by atoms with E-state index in [1.807, 2.05) is 6.07 Å². The number of rotatable bonds is 3. The second kappa shape index (κ2) is 5.93. The molecule has 0 aromatic heterocycles. The van der Waals surface area contributed by atoms with Crippen LogP contribution in [0.15, 0.2) is 18.2 Å². The van der Waals surface area contributed by atoms with Gasteiger partial charge in [-0.1, -0.05) is 6.07 Å². The zero-order chi connectivity index (χ0) is 14.8. The third-order valence-electron chi connectivity index (χ3n) is 4.53. The molecule has 0 radical (unpaired) electrons. The summed E-state index contributed by atoms with van der Waals surface area (Å²) < 4.78 is 11.1. The molecule has 0 bridgehead atoms. The standard InChI is InChI=1S/C16H21NO4/c1-20-12-7-5-11(6-8-12)17-9-10-21-15-13(16(18)19)3-2-4-14(15)17/h2-4,11-12H,5-10H2,1H3,(H,18,19). The van der Waals surface area contributed by atoms with Crippen LogP contribution >= 0.6 is 0 Å². The van der Waals surface area contributed by atoms with Gasteiger partial charge in [-0.05, 0) is 37.8 Å². The lowest BCUT2D eigenvalue weighted by molar-refractivity contribution is 0.0648. The molecule has 1 aromatic carbocycles. The van der Waals surface area contributed by atoms with Crippen LogP contribution in [0.2, 0.25) is 0 Å². The summed E-state index contributed by atoms with van der Waals surface area (Å²) >= 11 is 0. The number of fused-ring (bicyclic) bond motifs is 1. The fraction of sp³-hybridized carbons (Fsp3) is 0.562. The summed E-state index contributed by atoms with van der Waals surface area (Å²) in [7, 11) is 1.77.